The van der Waals surface area contributed by atoms with Crippen molar-refractivity contribution in [3.05, 3.63) is 42.0 Å². The third-order valence-electron chi connectivity index (χ3n) is 3.65. The van der Waals surface area contributed by atoms with E-state index in [-0.39, 0.29) is 6.61 Å². The van der Waals surface area contributed by atoms with Gasteiger partial charge in [-0.05, 0) is 25.7 Å². The highest BCUT2D eigenvalue weighted by molar-refractivity contribution is 5.89. The van der Waals surface area contributed by atoms with Gasteiger partial charge in [0.2, 0.25) is 0 Å². The van der Waals surface area contributed by atoms with Crippen molar-refractivity contribution >= 4 is 10.8 Å². The van der Waals surface area contributed by atoms with E-state index >= 15 is 0 Å². The van der Waals surface area contributed by atoms with E-state index in [2.05, 4.69) is 0 Å². The van der Waals surface area contributed by atoms with Crippen molar-refractivity contribution in [3.63, 3.8) is 0 Å². The Bertz CT molecular complexity index is 588. The van der Waals surface area contributed by atoms with Crippen LogP contribution in [0.1, 0.15) is 38.9 Å². The van der Waals surface area contributed by atoms with E-state index in [0.29, 0.717) is 12.2 Å². The Morgan fingerprint density at radius 1 is 1.20 bits per heavy atom. The quantitative estimate of drug-likeness (QED) is 0.878. The summed E-state index contributed by atoms with van der Waals surface area (Å²) < 4.78 is 5.86. The fourth-order valence-electron chi connectivity index (χ4n) is 2.08. The Kier molecular flexibility index (Phi) is 4.31. The monoisotopic (exact) mass is 274 g/mol. The van der Waals surface area contributed by atoms with Gasteiger partial charge < -0.3 is 14.9 Å². The first-order valence-corrected chi connectivity index (χ1v) is 6.99. The molecule has 2 aromatic carbocycles. The van der Waals surface area contributed by atoms with Gasteiger partial charge in [0.25, 0.3) is 0 Å². The molecule has 0 saturated heterocycles. The molecule has 0 aromatic heterocycles. The molecule has 3 nitrogen and oxygen atoms in total. The normalized spacial score (nSPS) is 15.8. The van der Waals surface area contributed by atoms with Crippen molar-refractivity contribution in [2.45, 2.75) is 38.9 Å². The van der Waals surface area contributed by atoms with Crippen molar-refractivity contribution in [2.24, 2.45) is 0 Å². The Morgan fingerprint density at radius 2 is 1.90 bits per heavy atom. The number of hydrogen-bond donors (Lipinski definition) is 2. The second kappa shape index (κ2) is 5.81. The zero-order chi connectivity index (χ0) is 14.8. The number of ether oxygens (including phenoxy) is 1. The maximum Gasteiger partial charge on any atom is 0.133 e. The average Bonchev–Trinajstić information content (AvgIpc) is 2.44. The molecular weight excluding hydrogens is 252 g/mol. The van der Waals surface area contributed by atoms with Gasteiger partial charge in [0, 0.05) is 10.9 Å². The summed E-state index contributed by atoms with van der Waals surface area (Å²) in [5.74, 6) is 0.659. The number of hydrogen-bond acceptors (Lipinski definition) is 3. The van der Waals surface area contributed by atoms with Gasteiger partial charge in [-0.25, -0.2) is 0 Å². The molecule has 3 heteroatoms. The summed E-state index contributed by atoms with van der Waals surface area (Å²) in [6.45, 7) is 5.59. The van der Waals surface area contributed by atoms with Crippen molar-refractivity contribution < 1.29 is 14.9 Å². The smallest absolute Gasteiger partial charge is 0.133 e. The number of aliphatic hydroxyl groups excluding tert-OH is 1. The van der Waals surface area contributed by atoms with E-state index in [1.165, 1.54) is 0 Å². The van der Waals surface area contributed by atoms with Crippen LogP contribution >= 0.6 is 0 Å². The molecule has 0 aliphatic carbocycles. The molecule has 2 aromatic rings. The zero-order valence-electron chi connectivity index (χ0n) is 12.3. The van der Waals surface area contributed by atoms with E-state index in [4.69, 9.17) is 4.74 Å². The van der Waals surface area contributed by atoms with Crippen LogP contribution in [0.5, 0.6) is 5.75 Å². The molecule has 2 rings (SSSR count). The Labute approximate surface area is 119 Å². The minimum absolute atomic E-state index is 0.206. The SMILES string of the molecule is CCC(C)(O)COc1c([C@@H](C)O)ccc2ccccc12. The second-order valence-electron chi connectivity index (χ2n) is 5.52. The summed E-state index contributed by atoms with van der Waals surface area (Å²) in [7, 11) is 0. The molecule has 0 spiro atoms. The predicted octanol–water partition coefficient (Wildman–Crippen LogP) is 3.43. The largest absolute Gasteiger partial charge is 0.490 e. The Balaban J connectivity index is 2.44. The van der Waals surface area contributed by atoms with Gasteiger partial charge in [-0.2, -0.15) is 0 Å². The molecule has 0 amide bonds. The van der Waals surface area contributed by atoms with Crippen molar-refractivity contribution in [1.82, 2.24) is 0 Å². The number of aliphatic hydroxyl groups is 2. The molecule has 0 bridgehead atoms. The fraction of sp³-hybridized carbons (Fsp3) is 0.412. The minimum atomic E-state index is -0.868. The van der Waals surface area contributed by atoms with Gasteiger partial charge in [-0.15, -0.1) is 0 Å². The molecule has 0 fully saturated rings. The third-order valence-corrected chi connectivity index (χ3v) is 3.65. The van der Waals surface area contributed by atoms with E-state index in [0.717, 1.165) is 16.3 Å². The van der Waals surface area contributed by atoms with Crippen molar-refractivity contribution in [2.75, 3.05) is 6.61 Å². The van der Waals surface area contributed by atoms with Gasteiger partial charge in [-0.1, -0.05) is 43.3 Å². The van der Waals surface area contributed by atoms with Crippen molar-refractivity contribution in [1.29, 1.82) is 0 Å². The summed E-state index contributed by atoms with van der Waals surface area (Å²) in [6, 6.07) is 11.7. The lowest BCUT2D eigenvalue weighted by Crippen LogP contribution is -2.31. The highest BCUT2D eigenvalue weighted by Gasteiger charge is 2.21. The van der Waals surface area contributed by atoms with Crippen LogP contribution in [-0.2, 0) is 0 Å². The molecule has 2 N–H and O–H groups in total. The molecule has 0 radical (unpaired) electrons. The lowest BCUT2D eigenvalue weighted by Gasteiger charge is -2.24. The first-order valence-electron chi connectivity index (χ1n) is 6.99. The van der Waals surface area contributed by atoms with Crippen LogP contribution in [0.25, 0.3) is 10.8 Å². The van der Waals surface area contributed by atoms with Crippen LogP contribution in [0.15, 0.2) is 36.4 Å². The predicted molar refractivity (Wildman–Crippen MR) is 81.0 cm³/mol. The first-order chi connectivity index (χ1) is 9.44. The number of rotatable bonds is 5. The summed E-state index contributed by atoms with van der Waals surface area (Å²) in [6.07, 6.45) is 0.00286. The van der Waals surface area contributed by atoms with Gasteiger partial charge in [-0.3, -0.25) is 0 Å². The molecule has 0 heterocycles. The van der Waals surface area contributed by atoms with E-state index < -0.39 is 11.7 Å². The molecule has 0 saturated carbocycles. The van der Waals surface area contributed by atoms with Crippen molar-refractivity contribution in [3.8, 4) is 5.75 Å². The molecule has 1 unspecified atom stereocenters. The fourth-order valence-corrected chi connectivity index (χ4v) is 2.08. The standard InChI is InChI=1S/C17H22O3/c1-4-17(3,19)11-20-16-14(12(2)18)10-9-13-7-5-6-8-15(13)16/h5-10,12,18-19H,4,11H2,1-3H3/t12-,17?/m1/s1. The molecular formula is C17H22O3. The van der Waals surface area contributed by atoms with Gasteiger partial charge in [0.1, 0.15) is 12.4 Å². The lowest BCUT2D eigenvalue weighted by molar-refractivity contribution is 0.00799. The van der Waals surface area contributed by atoms with Gasteiger partial charge in [0.15, 0.2) is 0 Å². The molecule has 0 aliphatic heterocycles. The minimum Gasteiger partial charge on any atom is -0.490 e. The maximum absolute atomic E-state index is 10.1. The van der Waals surface area contributed by atoms with Crippen LogP contribution in [-0.4, -0.2) is 22.4 Å². The zero-order valence-corrected chi connectivity index (χ0v) is 12.3. The summed E-state index contributed by atoms with van der Waals surface area (Å²) in [5.41, 5.74) is -0.122. The Hall–Kier alpha value is -1.58. The van der Waals surface area contributed by atoms with Crippen LogP contribution in [0.3, 0.4) is 0 Å². The Morgan fingerprint density at radius 3 is 2.55 bits per heavy atom. The van der Waals surface area contributed by atoms with Gasteiger partial charge >= 0.3 is 0 Å². The van der Waals surface area contributed by atoms with Crippen LogP contribution in [0.2, 0.25) is 0 Å². The summed E-state index contributed by atoms with van der Waals surface area (Å²) in [4.78, 5) is 0. The highest BCUT2D eigenvalue weighted by atomic mass is 16.5. The molecule has 108 valence electrons. The second-order valence-corrected chi connectivity index (χ2v) is 5.52. The van der Waals surface area contributed by atoms with Crippen LogP contribution in [0, 0.1) is 0 Å². The van der Waals surface area contributed by atoms with Gasteiger partial charge in [0.05, 0.1) is 11.7 Å². The van der Waals surface area contributed by atoms with Crippen LogP contribution in [0.4, 0.5) is 0 Å². The average molecular weight is 274 g/mol. The first kappa shape index (κ1) is 14.8. The summed E-state index contributed by atoms with van der Waals surface area (Å²) >= 11 is 0. The molecule has 20 heavy (non-hydrogen) atoms. The number of benzene rings is 2. The third kappa shape index (κ3) is 3.11. The van der Waals surface area contributed by atoms with E-state index in [1.807, 2.05) is 43.3 Å². The number of fused-ring (bicyclic) bond motifs is 1. The topological polar surface area (TPSA) is 49.7 Å². The maximum atomic E-state index is 10.1. The highest BCUT2D eigenvalue weighted by Crippen LogP contribution is 2.34. The van der Waals surface area contributed by atoms with Crippen LogP contribution < -0.4 is 4.74 Å². The van der Waals surface area contributed by atoms with E-state index in [9.17, 15) is 10.2 Å². The lowest BCUT2D eigenvalue weighted by atomic mass is 10.0. The molecule has 0 aliphatic rings. The van der Waals surface area contributed by atoms with E-state index in [1.54, 1.807) is 13.8 Å². The molecule has 2 atom stereocenters. The summed E-state index contributed by atoms with van der Waals surface area (Å²) in [5, 5.41) is 22.0.